The van der Waals surface area contributed by atoms with Gasteiger partial charge in [-0.05, 0) is 87.2 Å². The van der Waals surface area contributed by atoms with Crippen molar-refractivity contribution < 1.29 is 8.99 Å². The maximum Gasteiger partial charge on any atom is 0.192 e. The fourth-order valence-corrected chi connectivity index (χ4v) is 9.22. The van der Waals surface area contributed by atoms with Crippen molar-refractivity contribution >= 4 is 26.1 Å². The first-order chi connectivity index (χ1) is 19.6. The zero-order valence-electron chi connectivity index (χ0n) is 27.8. The molecule has 2 nitrogen and oxygen atoms in total. The average Bonchev–Trinajstić information content (AvgIpc) is 2.92. The van der Waals surface area contributed by atoms with Crippen LogP contribution in [0, 0.1) is 5.41 Å². The van der Waals surface area contributed by atoms with Gasteiger partial charge >= 0.3 is 0 Å². The lowest BCUT2D eigenvalue weighted by atomic mass is 9.71. The third kappa shape index (κ3) is 8.15. The van der Waals surface area contributed by atoms with Gasteiger partial charge in [0, 0.05) is 10.6 Å². The van der Waals surface area contributed by atoms with Crippen LogP contribution in [0.4, 0.5) is 0 Å². The van der Waals surface area contributed by atoms with Crippen LogP contribution in [0.5, 0.6) is 0 Å². The molecule has 0 atom stereocenters. The van der Waals surface area contributed by atoms with Gasteiger partial charge in [-0.15, -0.1) is 5.73 Å². The molecule has 3 rings (SSSR count). The summed E-state index contributed by atoms with van der Waals surface area (Å²) in [6.07, 6.45) is 11.1. The number of allylic oxidation sites excluding steroid dienone is 6. The van der Waals surface area contributed by atoms with Crippen LogP contribution in [0.3, 0.4) is 0 Å². The van der Waals surface area contributed by atoms with E-state index in [0.717, 1.165) is 33.5 Å². The van der Waals surface area contributed by atoms with E-state index in [2.05, 4.69) is 86.4 Å². The Labute approximate surface area is 257 Å². The second kappa shape index (κ2) is 13.9. The Hall–Kier alpha value is -2.41. The number of hydrogen-bond donors (Lipinski definition) is 0. The molecule has 0 spiro atoms. The van der Waals surface area contributed by atoms with Crippen molar-refractivity contribution in [2.75, 3.05) is 6.61 Å². The summed E-state index contributed by atoms with van der Waals surface area (Å²) < 4.78 is 21.9. The van der Waals surface area contributed by atoms with Gasteiger partial charge in [-0.1, -0.05) is 119 Å². The van der Waals surface area contributed by atoms with Gasteiger partial charge in [0.1, 0.15) is 0 Å². The molecule has 2 aromatic carbocycles. The molecule has 0 aromatic heterocycles. The first-order valence-corrected chi connectivity index (χ1v) is 20.1. The van der Waals surface area contributed by atoms with Crippen molar-refractivity contribution in [2.45, 2.75) is 99.2 Å². The quantitative estimate of drug-likeness (QED) is 0.0891. The molecule has 0 amide bonds. The molecule has 0 unspecified atom stereocenters. The van der Waals surface area contributed by atoms with Crippen molar-refractivity contribution in [1.82, 2.24) is 0 Å². The molecule has 0 heterocycles. The van der Waals surface area contributed by atoms with Crippen LogP contribution in [0.1, 0.15) is 81.1 Å². The minimum Gasteiger partial charge on any atom is -0.413 e. The lowest BCUT2D eigenvalue weighted by Gasteiger charge is -2.35. The molecule has 0 saturated heterocycles. The van der Waals surface area contributed by atoms with Crippen LogP contribution in [-0.2, 0) is 8.99 Å². The van der Waals surface area contributed by atoms with Crippen LogP contribution >= 0.6 is 7.14 Å². The molecular formula is C38H53O2PSi. The average molecular weight is 601 g/mol. The molecule has 226 valence electrons. The Kier molecular flexibility index (Phi) is 11.3. The predicted octanol–water partition coefficient (Wildman–Crippen LogP) is 10.9. The zero-order chi connectivity index (χ0) is 31.2. The highest BCUT2D eigenvalue weighted by Crippen LogP contribution is 2.54. The van der Waals surface area contributed by atoms with Crippen molar-refractivity contribution in [1.29, 1.82) is 0 Å². The molecule has 4 heteroatoms. The van der Waals surface area contributed by atoms with Crippen LogP contribution in [0.15, 0.2) is 112 Å². The van der Waals surface area contributed by atoms with Gasteiger partial charge in [-0.3, -0.25) is 0 Å². The van der Waals surface area contributed by atoms with E-state index in [1.807, 2.05) is 66.7 Å². The Morgan fingerprint density at radius 1 is 0.976 bits per heavy atom. The van der Waals surface area contributed by atoms with Crippen LogP contribution in [0.2, 0.25) is 18.1 Å². The standard InChI is InChI=1S/C38H53O2PSi/c1-30(23-25-35-31(2)18-17-28-38(35,7)8)24-26-36(32(3)27-29-40-42(9,10)37(4,5)6)41(39,33-19-13-11-14-20-33)34-21-15-12-16-22-34/h11-16,19-24,27H,17-18,25,28-29H2,1-10H3/b30-23+,32-27+. The summed E-state index contributed by atoms with van der Waals surface area (Å²) in [6.45, 7) is 23.0. The summed E-state index contributed by atoms with van der Waals surface area (Å²) in [4.78, 5) is 0. The van der Waals surface area contributed by atoms with E-state index in [1.165, 1.54) is 24.8 Å². The molecule has 0 fully saturated rings. The van der Waals surface area contributed by atoms with E-state index in [0.29, 0.717) is 6.61 Å². The van der Waals surface area contributed by atoms with E-state index in [4.69, 9.17) is 4.43 Å². The second-order valence-corrected chi connectivity index (χ2v) is 21.5. The van der Waals surface area contributed by atoms with Gasteiger partial charge in [0.25, 0.3) is 0 Å². The summed E-state index contributed by atoms with van der Waals surface area (Å²) >= 11 is 0. The van der Waals surface area contributed by atoms with Gasteiger partial charge in [0.2, 0.25) is 0 Å². The molecule has 1 aliphatic carbocycles. The van der Waals surface area contributed by atoms with Gasteiger partial charge in [-0.2, -0.15) is 0 Å². The van der Waals surface area contributed by atoms with Crippen LogP contribution in [-0.4, -0.2) is 14.9 Å². The highest BCUT2D eigenvalue weighted by Gasteiger charge is 2.37. The third-order valence-corrected chi connectivity index (χ3v) is 17.0. The SMILES string of the molecule is CC1=C(C/C=C(\C)C=C=C(/C(C)=C/CO[Si](C)(C)C(C)(C)C)P(=O)(c2ccccc2)c2ccccc2)C(C)(C)CCC1. The zero-order valence-corrected chi connectivity index (χ0v) is 29.7. The Morgan fingerprint density at radius 2 is 1.52 bits per heavy atom. The monoisotopic (exact) mass is 600 g/mol. The maximum absolute atomic E-state index is 15.4. The van der Waals surface area contributed by atoms with E-state index in [-0.39, 0.29) is 10.5 Å². The fourth-order valence-electron chi connectivity index (χ4n) is 5.45. The lowest BCUT2D eigenvalue weighted by molar-refractivity contribution is 0.327. The number of rotatable bonds is 10. The summed E-state index contributed by atoms with van der Waals surface area (Å²) in [5, 5.41) is 2.49. The van der Waals surface area contributed by atoms with Crippen molar-refractivity contribution in [2.24, 2.45) is 5.41 Å². The third-order valence-electron chi connectivity index (χ3n) is 9.32. The first-order valence-electron chi connectivity index (χ1n) is 15.4. The minimum atomic E-state index is -3.21. The van der Waals surface area contributed by atoms with Crippen molar-refractivity contribution in [3.8, 4) is 0 Å². The maximum atomic E-state index is 15.4. The Morgan fingerprint density at radius 3 is 2.02 bits per heavy atom. The number of benzene rings is 2. The van der Waals surface area contributed by atoms with E-state index in [9.17, 15) is 0 Å². The molecule has 0 N–H and O–H groups in total. The normalized spacial score (nSPS) is 16.7. The van der Waals surface area contributed by atoms with E-state index >= 15 is 4.57 Å². The topological polar surface area (TPSA) is 26.3 Å². The summed E-state index contributed by atoms with van der Waals surface area (Å²) in [7, 11) is -5.14. The van der Waals surface area contributed by atoms with E-state index in [1.54, 1.807) is 5.57 Å². The molecular weight excluding hydrogens is 547 g/mol. The molecule has 1 aliphatic rings. The van der Waals surface area contributed by atoms with E-state index < -0.39 is 15.5 Å². The van der Waals surface area contributed by atoms with Gasteiger partial charge < -0.3 is 8.99 Å². The lowest BCUT2D eigenvalue weighted by Crippen LogP contribution is -2.40. The fraction of sp³-hybridized carbons (Fsp3) is 0.447. The van der Waals surface area contributed by atoms with Crippen molar-refractivity contribution in [3.63, 3.8) is 0 Å². The smallest absolute Gasteiger partial charge is 0.192 e. The second-order valence-electron chi connectivity index (χ2n) is 14.0. The van der Waals surface area contributed by atoms with Crippen molar-refractivity contribution in [3.05, 3.63) is 112 Å². The van der Waals surface area contributed by atoms with Crippen LogP contribution in [0.25, 0.3) is 0 Å². The summed E-state index contributed by atoms with van der Waals surface area (Å²) in [6, 6.07) is 19.8. The highest BCUT2D eigenvalue weighted by atomic mass is 31.2. The van der Waals surface area contributed by atoms with Gasteiger partial charge in [0.05, 0.1) is 11.9 Å². The first kappa shape index (κ1) is 34.1. The summed E-state index contributed by atoms with van der Waals surface area (Å²) in [5.74, 6) is 0. The molecule has 0 saturated carbocycles. The van der Waals surface area contributed by atoms with Gasteiger partial charge in [0.15, 0.2) is 15.5 Å². The Bertz CT molecular complexity index is 1380. The Balaban J connectivity index is 2.13. The molecule has 0 radical (unpaired) electrons. The predicted molar refractivity (Wildman–Crippen MR) is 187 cm³/mol. The largest absolute Gasteiger partial charge is 0.413 e. The summed E-state index contributed by atoms with van der Waals surface area (Å²) in [5.41, 5.74) is 9.00. The molecule has 2 aromatic rings. The highest BCUT2D eigenvalue weighted by molar-refractivity contribution is 7.82. The molecule has 0 bridgehead atoms. The number of hydrogen-bond acceptors (Lipinski definition) is 2. The van der Waals surface area contributed by atoms with Crippen LogP contribution < -0.4 is 10.6 Å². The molecule has 0 aliphatic heterocycles. The minimum absolute atomic E-state index is 0.124. The molecule has 42 heavy (non-hydrogen) atoms. The van der Waals surface area contributed by atoms with Gasteiger partial charge in [-0.25, -0.2) is 0 Å².